The summed E-state index contributed by atoms with van der Waals surface area (Å²) in [5.41, 5.74) is 0.884. The second-order valence-electron chi connectivity index (χ2n) is 7.06. The Labute approximate surface area is 179 Å². The van der Waals surface area contributed by atoms with E-state index in [0.29, 0.717) is 29.4 Å². The first-order valence-corrected chi connectivity index (χ1v) is 12.1. The number of nitrogens with one attached hydrogen (secondary N) is 1. The second-order valence-corrected chi connectivity index (χ2v) is 10.1. The van der Waals surface area contributed by atoms with Gasteiger partial charge < -0.3 is 9.55 Å². The van der Waals surface area contributed by atoms with Gasteiger partial charge >= 0.3 is 0 Å². The lowest BCUT2D eigenvalue weighted by molar-refractivity contribution is 0.681. The molecule has 4 aromatic heterocycles. The number of thioether (sulfide) groups is 1. The van der Waals surface area contributed by atoms with Crippen LogP contribution in [0.4, 0.5) is 0 Å². The molecule has 0 radical (unpaired) electrons. The van der Waals surface area contributed by atoms with Crippen LogP contribution < -0.4 is 5.56 Å². The molecule has 0 amide bonds. The average molecular weight is 442 g/mol. The van der Waals surface area contributed by atoms with Crippen LogP contribution in [0.3, 0.4) is 0 Å². The lowest BCUT2D eigenvalue weighted by atomic mass is 10.2. The van der Waals surface area contributed by atoms with Crippen LogP contribution in [-0.4, -0.2) is 24.7 Å². The van der Waals surface area contributed by atoms with E-state index >= 15 is 0 Å². The largest absolute Gasteiger partial charge is 0.309 e. The minimum atomic E-state index is -0.0841. The Balaban J connectivity index is 1.42. The first kappa shape index (κ1) is 18.8. The molecule has 1 aliphatic rings. The maximum atomic E-state index is 12.8. The number of fused-ring (bicyclic) bond motifs is 1. The fourth-order valence-electron chi connectivity index (χ4n) is 3.31. The summed E-state index contributed by atoms with van der Waals surface area (Å²) in [6.07, 6.45) is 4.22. The van der Waals surface area contributed by atoms with E-state index in [0.717, 1.165) is 26.3 Å². The van der Waals surface area contributed by atoms with Crippen molar-refractivity contribution in [2.45, 2.75) is 43.1 Å². The fraction of sp³-hybridized carbons (Fsp3) is 0.300. The molecule has 1 aliphatic carbocycles. The number of allylic oxidation sites excluding steroid dienone is 1. The normalized spacial score (nSPS) is 14.0. The molecule has 0 aliphatic heterocycles. The molecule has 5 rings (SSSR count). The third-order valence-corrected chi connectivity index (χ3v) is 7.72. The highest BCUT2D eigenvalue weighted by Gasteiger charge is 2.30. The van der Waals surface area contributed by atoms with Gasteiger partial charge in [-0.15, -0.1) is 39.4 Å². The Morgan fingerprint density at radius 3 is 2.97 bits per heavy atom. The summed E-state index contributed by atoms with van der Waals surface area (Å²) in [6.45, 7) is 6.61. The summed E-state index contributed by atoms with van der Waals surface area (Å²) >= 11 is 4.75. The van der Waals surface area contributed by atoms with Crippen LogP contribution in [0.2, 0.25) is 0 Å². The highest BCUT2D eigenvalue weighted by atomic mass is 32.2. The SMILES string of the molecule is C=CCn1c(SCc2nc3scc(-c4ccc(C)s4)c3c(=O)[nH]2)nnc1C1CC1. The molecule has 0 unspecified atom stereocenters. The van der Waals surface area contributed by atoms with Crippen LogP contribution in [0.5, 0.6) is 0 Å². The van der Waals surface area contributed by atoms with E-state index in [2.05, 4.69) is 45.4 Å². The predicted molar refractivity (Wildman–Crippen MR) is 120 cm³/mol. The summed E-state index contributed by atoms with van der Waals surface area (Å²) in [5, 5.41) is 12.3. The lowest BCUT2D eigenvalue weighted by Crippen LogP contribution is -2.11. The predicted octanol–water partition coefficient (Wildman–Crippen LogP) is 4.97. The molecule has 29 heavy (non-hydrogen) atoms. The number of hydrogen-bond donors (Lipinski definition) is 1. The van der Waals surface area contributed by atoms with Gasteiger partial charge in [0.1, 0.15) is 16.5 Å². The topological polar surface area (TPSA) is 76.5 Å². The molecule has 0 atom stereocenters. The number of aromatic nitrogens is 5. The molecule has 0 spiro atoms. The summed E-state index contributed by atoms with van der Waals surface area (Å²) in [4.78, 5) is 23.6. The van der Waals surface area contributed by atoms with Crippen molar-refractivity contribution in [2.75, 3.05) is 0 Å². The number of aromatic amines is 1. The Morgan fingerprint density at radius 2 is 2.24 bits per heavy atom. The van der Waals surface area contributed by atoms with Gasteiger partial charge in [-0.1, -0.05) is 17.8 Å². The molecular weight excluding hydrogens is 422 g/mol. The molecule has 4 heterocycles. The van der Waals surface area contributed by atoms with Crippen LogP contribution >= 0.6 is 34.4 Å². The van der Waals surface area contributed by atoms with Gasteiger partial charge in [0.05, 0.1) is 11.1 Å². The molecule has 9 heteroatoms. The monoisotopic (exact) mass is 441 g/mol. The minimum Gasteiger partial charge on any atom is -0.309 e. The fourth-order valence-corrected chi connectivity index (χ4v) is 6.05. The molecule has 0 bridgehead atoms. The van der Waals surface area contributed by atoms with E-state index in [1.807, 2.05) is 11.5 Å². The first-order valence-electron chi connectivity index (χ1n) is 9.38. The van der Waals surface area contributed by atoms with Gasteiger partial charge in [-0.05, 0) is 31.9 Å². The van der Waals surface area contributed by atoms with Gasteiger partial charge in [0.25, 0.3) is 5.56 Å². The zero-order valence-corrected chi connectivity index (χ0v) is 18.3. The van der Waals surface area contributed by atoms with Crippen LogP contribution in [0.25, 0.3) is 20.7 Å². The molecule has 0 aromatic carbocycles. The number of rotatable bonds is 7. The van der Waals surface area contributed by atoms with Crippen molar-refractivity contribution in [3.05, 3.63) is 57.0 Å². The summed E-state index contributed by atoms with van der Waals surface area (Å²) in [6, 6.07) is 4.14. The van der Waals surface area contributed by atoms with E-state index in [9.17, 15) is 4.79 Å². The Hall–Kier alpha value is -2.23. The molecule has 0 saturated heterocycles. The van der Waals surface area contributed by atoms with Crippen molar-refractivity contribution in [2.24, 2.45) is 0 Å². The number of hydrogen-bond acceptors (Lipinski definition) is 7. The van der Waals surface area contributed by atoms with E-state index in [1.165, 1.54) is 29.1 Å². The van der Waals surface area contributed by atoms with Gasteiger partial charge in [0.2, 0.25) is 0 Å². The van der Waals surface area contributed by atoms with Crippen molar-refractivity contribution in [1.82, 2.24) is 24.7 Å². The van der Waals surface area contributed by atoms with E-state index < -0.39 is 0 Å². The molecule has 148 valence electrons. The van der Waals surface area contributed by atoms with Crippen LogP contribution in [-0.2, 0) is 12.3 Å². The van der Waals surface area contributed by atoms with E-state index in [4.69, 9.17) is 4.98 Å². The Kier molecular flexibility index (Phi) is 4.89. The molecule has 4 aromatic rings. The van der Waals surface area contributed by atoms with Crippen molar-refractivity contribution < 1.29 is 0 Å². The summed E-state index contributed by atoms with van der Waals surface area (Å²) < 4.78 is 2.12. The standard InChI is InChI=1S/C20H19N5OS3/c1-3-8-25-17(12-5-6-12)23-24-20(25)28-10-15-21-18(26)16-13(9-27-19(16)22-15)14-7-4-11(2)29-14/h3-4,7,9,12H,1,5-6,8,10H2,2H3,(H,21,22,26). The Bertz CT molecular complexity index is 1260. The van der Waals surface area contributed by atoms with E-state index in [1.54, 1.807) is 23.1 Å². The Morgan fingerprint density at radius 1 is 1.38 bits per heavy atom. The number of thiophene rings is 2. The first-order chi connectivity index (χ1) is 14.1. The van der Waals surface area contributed by atoms with Crippen LogP contribution in [0.1, 0.15) is 35.3 Å². The van der Waals surface area contributed by atoms with Gasteiger partial charge in [-0.25, -0.2) is 4.98 Å². The third-order valence-electron chi connectivity index (χ3n) is 4.84. The van der Waals surface area contributed by atoms with E-state index in [-0.39, 0.29) is 5.56 Å². The quantitative estimate of drug-likeness (QED) is 0.324. The maximum absolute atomic E-state index is 12.8. The van der Waals surface area contributed by atoms with Crippen LogP contribution in [0.15, 0.2) is 40.1 Å². The van der Waals surface area contributed by atoms with Crippen molar-refractivity contribution >= 4 is 44.7 Å². The smallest absolute Gasteiger partial charge is 0.260 e. The highest BCUT2D eigenvalue weighted by molar-refractivity contribution is 7.98. The molecule has 6 nitrogen and oxygen atoms in total. The average Bonchev–Trinajstić information content (AvgIpc) is 3.10. The van der Waals surface area contributed by atoms with Crippen molar-refractivity contribution in [3.63, 3.8) is 0 Å². The van der Waals surface area contributed by atoms with Gasteiger partial charge in [-0.2, -0.15) is 0 Å². The lowest BCUT2D eigenvalue weighted by Gasteiger charge is -2.06. The van der Waals surface area contributed by atoms with Crippen LogP contribution in [0, 0.1) is 6.92 Å². The van der Waals surface area contributed by atoms with Gasteiger partial charge in [-0.3, -0.25) is 4.79 Å². The second kappa shape index (κ2) is 7.55. The summed E-state index contributed by atoms with van der Waals surface area (Å²) in [5.74, 6) is 2.76. The molecule has 1 fully saturated rings. The number of nitrogens with zero attached hydrogens (tertiary/aromatic N) is 4. The number of aryl methyl sites for hydroxylation is 1. The zero-order chi connectivity index (χ0) is 20.0. The third kappa shape index (κ3) is 3.58. The van der Waals surface area contributed by atoms with Gasteiger partial charge in [0, 0.05) is 33.2 Å². The molecule has 1 saturated carbocycles. The summed E-state index contributed by atoms with van der Waals surface area (Å²) in [7, 11) is 0. The molecule has 1 N–H and O–H groups in total. The van der Waals surface area contributed by atoms with Crippen molar-refractivity contribution in [3.8, 4) is 10.4 Å². The highest BCUT2D eigenvalue weighted by Crippen LogP contribution is 2.40. The maximum Gasteiger partial charge on any atom is 0.260 e. The molecular formula is C20H19N5OS3. The minimum absolute atomic E-state index is 0.0841. The zero-order valence-electron chi connectivity index (χ0n) is 15.8. The van der Waals surface area contributed by atoms with Gasteiger partial charge in [0.15, 0.2) is 5.16 Å². The number of H-pyrrole nitrogens is 1. The van der Waals surface area contributed by atoms with Crippen molar-refractivity contribution in [1.29, 1.82) is 0 Å².